The Kier molecular flexibility index (Phi) is 8.89. The molecule has 0 unspecified atom stereocenters. The molecule has 1 aliphatic heterocycles. The fourth-order valence-electron chi connectivity index (χ4n) is 4.96. The van der Waals surface area contributed by atoms with E-state index in [1.807, 2.05) is 48.5 Å². The van der Waals surface area contributed by atoms with Gasteiger partial charge in [0.25, 0.3) is 0 Å². The molecule has 11 nitrogen and oxygen atoms in total. The highest BCUT2D eigenvalue weighted by molar-refractivity contribution is 6.02. The summed E-state index contributed by atoms with van der Waals surface area (Å²) in [5.74, 6) is 0.396. The van der Waals surface area contributed by atoms with Crippen molar-refractivity contribution >= 4 is 40.7 Å². The van der Waals surface area contributed by atoms with E-state index in [0.717, 1.165) is 27.6 Å². The molecule has 0 bridgehead atoms. The Labute approximate surface area is 241 Å². The summed E-state index contributed by atoms with van der Waals surface area (Å²) in [7, 11) is 3.28. The van der Waals surface area contributed by atoms with Crippen LogP contribution < -0.4 is 31.4 Å². The van der Waals surface area contributed by atoms with Gasteiger partial charge in [-0.1, -0.05) is 36.4 Å². The zero-order valence-corrected chi connectivity index (χ0v) is 23.6. The SMILES string of the molecule is CN[C@@H](C)C(=O)N[C@H]1CCc2ccccc2N(Cc2c(OC)ccc3cc(-c4n[nH]c(=O)c(=O)[nH]4)ccc23)C1=O.Cl. The molecule has 0 spiro atoms. The Morgan fingerprint density at radius 3 is 2.63 bits per heavy atom. The fraction of sp³-hybridized carbons (Fsp3) is 0.276. The number of nitrogens with zero attached hydrogens (tertiary/aromatic N) is 2. The molecule has 0 aliphatic carbocycles. The molecular formula is C29H31ClN6O5. The first-order valence-electron chi connectivity index (χ1n) is 13.0. The summed E-state index contributed by atoms with van der Waals surface area (Å²) in [5, 5.41) is 13.7. The number of para-hydroxylation sites is 1. The molecule has 41 heavy (non-hydrogen) atoms. The van der Waals surface area contributed by atoms with Crippen molar-refractivity contribution in [2.24, 2.45) is 0 Å². The molecule has 0 radical (unpaired) electrons. The number of carbonyl (C=O) groups is 2. The molecule has 5 rings (SSSR count). The molecule has 1 aromatic heterocycles. The maximum absolute atomic E-state index is 14.0. The predicted molar refractivity (Wildman–Crippen MR) is 159 cm³/mol. The lowest BCUT2D eigenvalue weighted by atomic mass is 9.99. The number of hydrogen-bond acceptors (Lipinski definition) is 7. The molecule has 0 saturated carbocycles. The second-order valence-corrected chi connectivity index (χ2v) is 9.70. The number of halogens is 1. The maximum Gasteiger partial charge on any atom is 0.329 e. The Morgan fingerprint density at radius 2 is 1.90 bits per heavy atom. The van der Waals surface area contributed by atoms with Crippen LogP contribution in [0.25, 0.3) is 22.2 Å². The lowest BCUT2D eigenvalue weighted by molar-refractivity contribution is -0.128. The molecule has 214 valence electrons. The fourth-order valence-corrected chi connectivity index (χ4v) is 4.96. The first-order valence-corrected chi connectivity index (χ1v) is 13.0. The molecule has 1 aliphatic rings. The molecule has 4 N–H and O–H groups in total. The molecule has 0 fully saturated rings. The van der Waals surface area contributed by atoms with E-state index in [9.17, 15) is 19.2 Å². The quantitative estimate of drug-likeness (QED) is 0.246. The third kappa shape index (κ3) is 5.86. The minimum Gasteiger partial charge on any atom is -0.496 e. The number of anilines is 1. The first kappa shape index (κ1) is 29.5. The van der Waals surface area contributed by atoms with Crippen molar-refractivity contribution in [3.8, 4) is 17.1 Å². The van der Waals surface area contributed by atoms with Crippen LogP contribution >= 0.6 is 12.4 Å². The summed E-state index contributed by atoms with van der Waals surface area (Å²) in [6.07, 6.45) is 1.12. The van der Waals surface area contributed by atoms with Gasteiger partial charge in [0, 0.05) is 16.8 Å². The molecule has 3 aromatic carbocycles. The standard InChI is InChI=1S/C29H30N6O5.ClH/c1-16(30-2)26(36)31-22-12-9-17-6-4-5-7-23(17)35(29(22)39)15-21-20-11-8-19(14-18(20)10-13-24(21)40-3)25-32-27(37)28(38)34-33-25;/h4-8,10-11,13-14,16,22,30H,9,12,15H2,1-3H3,(H,31,36)(H,34,38)(H,32,33,37);1H/t16-,22-;/m0./s1. The number of benzene rings is 3. The number of aromatic amines is 2. The van der Waals surface area contributed by atoms with E-state index in [1.165, 1.54) is 0 Å². The number of aryl methyl sites for hydroxylation is 1. The largest absolute Gasteiger partial charge is 0.496 e. The van der Waals surface area contributed by atoms with Crippen LogP contribution in [0.2, 0.25) is 0 Å². The van der Waals surface area contributed by atoms with Crippen molar-refractivity contribution in [3.63, 3.8) is 0 Å². The number of nitrogens with one attached hydrogen (secondary N) is 4. The molecule has 2 amide bonds. The minimum absolute atomic E-state index is 0. The molecule has 12 heteroatoms. The number of aromatic nitrogens is 3. The summed E-state index contributed by atoms with van der Waals surface area (Å²) in [6, 6.07) is 15.8. The highest BCUT2D eigenvalue weighted by Crippen LogP contribution is 2.35. The van der Waals surface area contributed by atoms with E-state index in [-0.39, 0.29) is 36.6 Å². The van der Waals surface area contributed by atoms with Crippen LogP contribution in [-0.4, -0.2) is 53.2 Å². The van der Waals surface area contributed by atoms with Crippen LogP contribution in [0.1, 0.15) is 24.5 Å². The van der Waals surface area contributed by atoms with Crippen molar-refractivity contribution in [1.29, 1.82) is 0 Å². The number of amides is 2. The van der Waals surface area contributed by atoms with Crippen molar-refractivity contribution in [1.82, 2.24) is 25.8 Å². The van der Waals surface area contributed by atoms with Gasteiger partial charge in [0.2, 0.25) is 11.8 Å². The van der Waals surface area contributed by atoms with Gasteiger partial charge >= 0.3 is 11.1 Å². The van der Waals surface area contributed by atoms with Crippen LogP contribution in [0, 0.1) is 0 Å². The highest BCUT2D eigenvalue weighted by Gasteiger charge is 2.33. The number of rotatable bonds is 7. The van der Waals surface area contributed by atoms with Gasteiger partial charge in [-0.15, -0.1) is 12.4 Å². The lowest BCUT2D eigenvalue weighted by Crippen LogP contribution is -2.52. The zero-order valence-electron chi connectivity index (χ0n) is 22.8. The topological polar surface area (TPSA) is 149 Å². The summed E-state index contributed by atoms with van der Waals surface area (Å²) < 4.78 is 5.72. The molecule has 2 heterocycles. The number of ether oxygens (including phenoxy) is 1. The van der Waals surface area contributed by atoms with Gasteiger partial charge in [-0.2, -0.15) is 5.10 Å². The summed E-state index contributed by atoms with van der Waals surface area (Å²) >= 11 is 0. The van der Waals surface area contributed by atoms with Crippen molar-refractivity contribution in [2.75, 3.05) is 19.1 Å². The Bertz CT molecular complexity index is 1720. The van der Waals surface area contributed by atoms with Gasteiger partial charge < -0.3 is 25.3 Å². The van der Waals surface area contributed by atoms with Crippen molar-refractivity contribution < 1.29 is 14.3 Å². The Morgan fingerprint density at radius 1 is 1.12 bits per heavy atom. The lowest BCUT2D eigenvalue weighted by Gasteiger charge is -2.28. The number of likely N-dealkylation sites (N-methyl/N-ethyl adjacent to an activating group) is 1. The molecular weight excluding hydrogens is 548 g/mol. The predicted octanol–water partition coefficient (Wildman–Crippen LogP) is 2.28. The van der Waals surface area contributed by atoms with Crippen LogP contribution in [0.3, 0.4) is 0 Å². The van der Waals surface area contributed by atoms with Gasteiger partial charge in [-0.25, -0.2) is 5.10 Å². The maximum atomic E-state index is 14.0. The second-order valence-electron chi connectivity index (χ2n) is 9.70. The van der Waals surface area contributed by atoms with E-state index < -0.39 is 23.2 Å². The molecule has 4 aromatic rings. The van der Waals surface area contributed by atoms with Gasteiger partial charge in [0.1, 0.15) is 11.8 Å². The summed E-state index contributed by atoms with van der Waals surface area (Å²) in [4.78, 5) is 54.1. The van der Waals surface area contributed by atoms with Gasteiger partial charge in [0.15, 0.2) is 5.82 Å². The third-order valence-corrected chi connectivity index (χ3v) is 7.30. The van der Waals surface area contributed by atoms with Crippen LogP contribution in [0.5, 0.6) is 5.75 Å². The Balaban J connectivity index is 0.00000387. The zero-order chi connectivity index (χ0) is 28.4. The van der Waals surface area contributed by atoms with Crippen molar-refractivity contribution in [2.45, 2.75) is 38.4 Å². The average molecular weight is 579 g/mol. The first-order chi connectivity index (χ1) is 19.3. The molecule has 2 atom stereocenters. The average Bonchev–Trinajstić information content (AvgIpc) is 3.10. The number of carbonyl (C=O) groups excluding carboxylic acids is 2. The van der Waals surface area contributed by atoms with Gasteiger partial charge in [-0.3, -0.25) is 19.2 Å². The summed E-state index contributed by atoms with van der Waals surface area (Å²) in [5.41, 5.74) is 1.58. The van der Waals surface area contributed by atoms with Crippen LogP contribution in [0.4, 0.5) is 5.69 Å². The van der Waals surface area contributed by atoms with Crippen LogP contribution in [0.15, 0.2) is 64.2 Å². The highest BCUT2D eigenvalue weighted by atomic mass is 35.5. The number of methoxy groups -OCH3 is 1. The van der Waals surface area contributed by atoms with E-state index in [0.29, 0.717) is 24.2 Å². The van der Waals surface area contributed by atoms with Crippen molar-refractivity contribution in [3.05, 3.63) is 86.4 Å². The Hall–Kier alpha value is -4.48. The third-order valence-electron chi connectivity index (χ3n) is 7.30. The number of fused-ring (bicyclic) bond motifs is 2. The van der Waals surface area contributed by atoms with Crippen LogP contribution in [-0.2, 0) is 22.6 Å². The number of hydrogen-bond donors (Lipinski definition) is 4. The van der Waals surface area contributed by atoms with E-state index in [1.54, 1.807) is 32.0 Å². The molecule has 0 saturated heterocycles. The second kappa shape index (κ2) is 12.4. The van der Waals surface area contributed by atoms with E-state index in [2.05, 4.69) is 25.8 Å². The van der Waals surface area contributed by atoms with Gasteiger partial charge in [0.05, 0.1) is 19.7 Å². The van der Waals surface area contributed by atoms with E-state index >= 15 is 0 Å². The normalized spacial score (nSPS) is 15.4. The van der Waals surface area contributed by atoms with E-state index in [4.69, 9.17) is 4.74 Å². The monoisotopic (exact) mass is 578 g/mol. The number of H-pyrrole nitrogens is 2. The van der Waals surface area contributed by atoms with Gasteiger partial charge in [-0.05, 0) is 61.3 Å². The summed E-state index contributed by atoms with van der Waals surface area (Å²) in [6.45, 7) is 1.95. The smallest absolute Gasteiger partial charge is 0.329 e. The minimum atomic E-state index is -0.825.